The van der Waals surface area contributed by atoms with Crippen LogP contribution in [0.25, 0.3) is 0 Å². The summed E-state index contributed by atoms with van der Waals surface area (Å²) in [6, 6.07) is 0. The zero-order valence-corrected chi connectivity index (χ0v) is 7.06. The van der Waals surface area contributed by atoms with E-state index >= 15 is 0 Å². The first kappa shape index (κ1) is 10.3. The molecule has 0 bridgehead atoms. The van der Waals surface area contributed by atoms with E-state index in [0.717, 1.165) is 0 Å². The van der Waals surface area contributed by atoms with E-state index in [-0.39, 0.29) is 11.8 Å². The van der Waals surface area contributed by atoms with Crippen molar-refractivity contribution in [1.82, 2.24) is 4.72 Å². The zero-order chi connectivity index (χ0) is 8.69. The molecule has 64 valence electrons. The third-order valence-corrected chi connectivity index (χ3v) is 1.45. The maximum Gasteiger partial charge on any atom is 0.229 e. The molecular weight excluding hydrogens is 164 g/mol. The summed E-state index contributed by atoms with van der Waals surface area (Å²) in [5.74, 6) is -0.450. The van der Waals surface area contributed by atoms with Gasteiger partial charge in [-0.05, 0) is 12.8 Å². The molecule has 0 aliphatic heterocycles. The van der Waals surface area contributed by atoms with Crippen LogP contribution < -0.4 is 10.5 Å². The number of thiol groups is 1. The Bertz CT molecular complexity index is 150. The van der Waals surface area contributed by atoms with Gasteiger partial charge in [-0.2, -0.15) is 0 Å². The minimum absolute atomic E-state index is 0.127. The fraction of sp³-hybridized carbons (Fsp3) is 0.667. The molecule has 4 nitrogen and oxygen atoms in total. The highest BCUT2D eigenvalue weighted by Gasteiger charge is 1.98. The van der Waals surface area contributed by atoms with Crippen molar-refractivity contribution in [3.63, 3.8) is 0 Å². The number of carbonyl (C=O) groups is 2. The molecule has 0 aromatic carbocycles. The molecule has 0 aromatic rings. The Morgan fingerprint density at radius 1 is 1.27 bits per heavy atom. The number of hydrogen-bond donors (Lipinski definition) is 3. The number of unbranched alkanes of at least 4 members (excludes halogenated alkanes) is 1. The van der Waals surface area contributed by atoms with Crippen molar-refractivity contribution in [2.75, 3.05) is 0 Å². The predicted molar refractivity (Wildman–Crippen MR) is 44.8 cm³/mol. The van der Waals surface area contributed by atoms with Crippen molar-refractivity contribution >= 4 is 24.6 Å². The normalized spacial score (nSPS) is 9.18. The molecule has 0 saturated carbocycles. The van der Waals surface area contributed by atoms with Gasteiger partial charge in [0.15, 0.2) is 0 Å². The minimum Gasteiger partial charge on any atom is -0.370 e. The Balaban J connectivity index is 3.14. The van der Waals surface area contributed by atoms with Gasteiger partial charge in [0.2, 0.25) is 11.8 Å². The SMILES string of the molecule is NC(=O)CCCCC(=O)NS. The summed E-state index contributed by atoms with van der Waals surface area (Å²) in [5.41, 5.74) is 4.89. The van der Waals surface area contributed by atoms with Gasteiger partial charge in [0.05, 0.1) is 0 Å². The van der Waals surface area contributed by atoms with E-state index in [2.05, 4.69) is 17.5 Å². The molecule has 0 aromatic heterocycles. The lowest BCUT2D eigenvalue weighted by atomic mass is 10.2. The Morgan fingerprint density at radius 3 is 2.27 bits per heavy atom. The Labute approximate surface area is 71.1 Å². The number of hydrogen-bond acceptors (Lipinski definition) is 3. The van der Waals surface area contributed by atoms with E-state index in [1.165, 1.54) is 0 Å². The molecule has 0 radical (unpaired) electrons. The summed E-state index contributed by atoms with van der Waals surface area (Å²) in [4.78, 5) is 20.8. The molecule has 2 amide bonds. The first-order valence-electron chi connectivity index (χ1n) is 3.38. The number of primary amides is 1. The van der Waals surface area contributed by atoms with Crippen LogP contribution in [-0.4, -0.2) is 11.8 Å². The van der Waals surface area contributed by atoms with Crippen LogP contribution in [0.2, 0.25) is 0 Å². The third-order valence-electron chi connectivity index (χ3n) is 1.20. The molecule has 0 saturated heterocycles. The van der Waals surface area contributed by atoms with Crippen molar-refractivity contribution in [3.05, 3.63) is 0 Å². The number of nitrogens with two attached hydrogens (primary N) is 1. The molecule has 0 unspecified atom stereocenters. The molecule has 0 spiro atoms. The molecular formula is C6H12N2O2S. The predicted octanol–water partition coefficient (Wildman–Crippen LogP) is -0.00690. The molecule has 0 fully saturated rings. The summed E-state index contributed by atoms with van der Waals surface area (Å²) in [6.45, 7) is 0. The zero-order valence-electron chi connectivity index (χ0n) is 6.17. The van der Waals surface area contributed by atoms with Gasteiger partial charge in [-0.1, -0.05) is 12.8 Å². The maximum atomic E-state index is 10.6. The lowest BCUT2D eigenvalue weighted by molar-refractivity contribution is -0.120. The summed E-state index contributed by atoms with van der Waals surface area (Å²) < 4.78 is 2.19. The molecule has 11 heavy (non-hydrogen) atoms. The van der Waals surface area contributed by atoms with Gasteiger partial charge in [0.25, 0.3) is 0 Å². The van der Waals surface area contributed by atoms with E-state index in [4.69, 9.17) is 5.73 Å². The van der Waals surface area contributed by atoms with E-state index < -0.39 is 0 Å². The Kier molecular flexibility index (Phi) is 5.64. The summed E-state index contributed by atoms with van der Waals surface area (Å²) >= 11 is 3.57. The smallest absolute Gasteiger partial charge is 0.229 e. The van der Waals surface area contributed by atoms with Gasteiger partial charge in [0, 0.05) is 12.8 Å². The van der Waals surface area contributed by atoms with Crippen LogP contribution in [0.5, 0.6) is 0 Å². The highest BCUT2D eigenvalue weighted by Crippen LogP contribution is 1.98. The summed E-state index contributed by atoms with van der Waals surface area (Å²) in [7, 11) is 0. The Hall–Kier alpha value is -0.710. The number of nitrogens with one attached hydrogen (secondary N) is 1. The molecule has 0 heterocycles. The quantitative estimate of drug-likeness (QED) is 0.407. The molecule has 3 N–H and O–H groups in total. The monoisotopic (exact) mass is 176 g/mol. The average Bonchev–Trinajstić information content (AvgIpc) is 1.97. The van der Waals surface area contributed by atoms with Gasteiger partial charge in [-0.25, -0.2) is 0 Å². The van der Waals surface area contributed by atoms with Crippen LogP contribution in [0.15, 0.2) is 0 Å². The third kappa shape index (κ3) is 7.18. The van der Waals surface area contributed by atoms with Crippen LogP contribution in [0.3, 0.4) is 0 Å². The van der Waals surface area contributed by atoms with Gasteiger partial charge >= 0.3 is 0 Å². The van der Waals surface area contributed by atoms with Crippen molar-refractivity contribution in [3.8, 4) is 0 Å². The molecule has 5 heteroatoms. The highest BCUT2D eigenvalue weighted by molar-refractivity contribution is 7.78. The van der Waals surface area contributed by atoms with Crippen molar-refractivity contribution in [2.45, 2.75) is 25.7 Å². The largest absolute Gasteiger partial charge is 0.370 e. The molecule has 0 atom stereocenters. The van der Waals surface area contributed by atoms with Gasteiger partial charge in [-0.3, -0.25) is 9.59 Å². The second-order valence-electron chi connectivity index (χ2n) is 2.21. The molecule has 0 aliphatic rings. The lowest BCUT2D eigenvalue weighted by Crippen LogP contribution is -2.13. The van der Waals surface area contributed by atoms with Gasteiger partial charge < -0.3 is 10.5 Å². The summed E-state index contributed by atoms with van der Waals surface area (Å²) in [5, 5.41) is 0. The lowest BCUT2D eigenvalue weighted by Gasteiger charge is -1.96. The van der Waals surface area contributed by atoms with E-state index in [1.807, 2.05) is 0 Å². The van der Waals surface area contributed by atoms with Crippen molar-refractivity contribution < 1.29 is 9.59 Å². The fourth-order valence-corrected chi connectivity index (χ4v) is 0.752. The van der Waals surface area contributed by atoms with Crippen LogP contribution in [-0.2, 0) is 9.59 Å². The maximum absolute atomic E-state index is 10.6. The minimum atomic E-state index is -0.323. The standard InChI is InChI=1S/C6H12N2O2S/c7-5(9)3-1-2-4-6(10)8-11/h11H,1-4H2,(H2,7,9)(H,8,10). The highest BCUT2D eigenvalue weighted by atomic mass is 32.1. The molecule has 0 aliphatic carbocycles. The van der Waals surface area contributed by atoms with Crippen molar-refractivity contribution in [1.29, 1.82) is 0 Å². The second-order valence-corrected chi connectivity index (χ2v) is 2.43. The van der Waals surface area contributed by atoms with Crippen LogP contribution in [0, 0.1) is 0 Å². The first-order valence-corrected chi connectivity index (χ1v) is 3.82. The average molecular weight is 176 g/mol. The van der Waals surface area contributed by atoms with Crippen LogP contribution in [0.1, 0.15) is 25.7 Å². The van der Waals surface area contributed by atoms with Gasteiger partial charge in [-0.15, -0.1) is 0 Å². The van der Waals surface area contributed by atoms with E-state index in [9.17, 15) is 9.59 Å². The second kappa shape index (κ2) is 6.03. The number of carbonyl (C=O) groups excluding carboxylic acids is 2. The Morgan fingerprint density at radius 2 is 1.82 bits per heavy atom. The van der Waals surface area contributed by atoms with Crippen LogP contribution in [0.4, 0.5) is 0 Å². The van der Waals surface area contributed by atoms with Crippen molar-refractivity contribution in [2.24, 2.45) is 5.73 Å². The van der Waals surface area contributed by atoms with E-state index in [0.29, 0.717) is 25.7 Å². The van der Waals surface area contributed by atoms with Gasteiger partial charge in [0.1, 0.15) is 0 Å². The van der Waals surface area contributed by atoms with Crippen LogP contribution >= 0.6 is 12.8 Å². The fourth-order valence-electron chi connectivity index (χ4n) is 0.641. The number of rotatable bonds is 5. The first-order chi connectivity index (χ1) is 5.16. The topological polar surface area (TPSA) is 72.2 Å². The van der Waals surface area contributed by atoms with E-state index in [1.54, 1.807) is 0 Å². The number of amides is 2. The molecule has 0 rings (SSSR count). The summed E-state index contributed by atoms with van der Waals surface area (Å²) in [6.07, 6.45) is 2.09.